The molecule has 0 fully saturated rings. The lowest BCUT2D eigenvalue weighted by molar-refractivity contribution is -0.708. The van der Waals surface area contributed by atoms with E-state index >= 15 is 0 Å². The van der Waals surface area contributed by atoms with Gasteiger partial charge in [0.1, 0.15) is 18.3 Å². The van der Waals surface area contributed by atoms with Crippen molar-refractivity contribution in [1.82, 2.24) is 4.98 Å². The predicted molar refractivity (Wildman–Crippen MR) is 116 cm³/mol. The van der Waals surface area contributed by atoms with Gasteiger partial charge in [0.2, 0.25) is 5.91 Å². The molecule has 0 aliphatic carbocycles. The van der Waals surface area contributed by atoms with E-state index < -0.39 is 0 Å². The van der Waals surface area contributed by atoms with E-state index in [1.54, 1.807) is 11.8 Å². The van der Waals surface area contributed by atoms with E-state index in [0.29, 0.717) is 5.13 Å². The first-order valence-electron chi connectivity index (χ1n) is 9.27. The maximum Gasteiger partial charge on any atom is 0.230 e. The first kappa shape index (κ1) is 20.5. The zero-order valence-electron chi connectivity index (χ0n) is 16.6. The number of nitrogens with zero attached hydrogens (tertiary/aromatic N) is 2. The summed E-state index contributed by atoms with van der Waals surface area (Å²) in [6.45, 7) is 8.52. The van der Waals surface area contributed by atoms with E-state index in [-0.39, 0.29) is 11.9 Å². The van der Waals surface area contributed by atoms with Crippen molar-refractivity contribution in [3.63, 3.8) is 0 Å². The first-order chi connectivity index (χ1) is 13.4. The Hall–Kier alpha value is -2.21. The monoisotopic (exact) mass is 414 g/mol. The van der Waals surface area contributed by atoms with Crippen molar-refractivity contribution in [2.45, 2.75) is 40.3 Å². The molecular weight excluding hydrogens is 390 g/mol. The molecule has 0 bridgehead atoms. The summed E-state index contributed by atoms with van der Waals surface area (Å²) in [5, 5.41) is 5.71. The number of nitrogens with two attached hydrogens (primary N) is 1. The highest BCUT2D eigenvalue weighted by molar-refractivity contribution is 7.14. The van der Waals surface area contributed by atoms with Crippen LogP contribution in [0, 0.1) is 13.8 Å². The quantitative estimate of drug-likeness (QED) is 0.622. The van der Waals surface area contributed by atoms with Gasteiger partial charge in [-0.3, -0.25) is 9.69 Å². The summed E-state index contributed by atoms with van der Waals surface area (Å²) in [6.07, 6.45) is 0. The number of aryl methyl sites for hydroxylation is 1. The van der Waals surface area contributed by atoms with Gasteiger partial charge < -0.3 is 5.32 Å². The minimum absolute atomic E-state index is 0.0389. The van der Waals surface area contributed by atoms with Crippen LogP contribution in [0.1, 0.15) is 42.3 Å². The summed E-state index contributed by atoms with van der Waals surface area (Å²) in [4.78, 5) is 18.8. The fourth-order valence-corrected chi connectivity index (χ4v) is 4.35. The third-order valence-electron chi connectivity index (χ3n) is 4.94. The largest absolute Gasteiger partial charge is 0.335 e. The van der Waals surface area contributed by atoms with Crippen LogP contribution in [0.25, 0.3) is 0 Å². The van der Waals surface area contributed by atoms with E-state index in [2.05, 4.69) is 25.2 Å². The third-order valence-corrected chi connectivity index (χ3v) is 6.16. The van der Waals surface area contributed by atoms with Gasteiger partial charge in [-0.15, -0.1) is 11.3 Å². The van der Waals surface area contributed by atoms with Gasteiger partial charge >= 0.3 is 0 Å². The number of halogens is 1. The van der Waals surface area contributed by atoms with E-state index in [1.165, 1.54) is 11.3 Å². The van der Waals surface area contributed by atoms with Crippen molar-refractivity contribution in [2.75, 3.05) is 4.90 Å². The van der Waals surface area contributed by atoms with E-state index in [9.17, 15) is 4.79 Å². The number of anilines is 2. The smallest absolute Gasteiger partial charge is 0.230 e. The zero-order valence-corrected chi connectivity index (χ0v) is 18.1. The molecule has 1 aromatic heterocycles. The molecular formula is C22H25ClN3OS+. The lowest BCUT2D eigenvalue weighted by atomic mass is 10.1. The van der Waals surface area contributed by atoms with Crippen LogP contribution >= 0.6 is 22.9 Å². The number of thiazole rings is 1. The van der Waals surface area contributed by atoms with Gasteiger partial charge in [0, 0.05) is 22.9 Å². The number of quaternary nitrogens is 1. The van der Waals surface area contributed by atoms with E-state index in [4.69, 9.17) is 16.6 Å². The molecule has 3 rings (SSSR count). The van der Waals surface area contributed by atoms with Gasteiger partial charge in [0.15, 0.2) is 5.13 Å². The van der Waals surface area contributed by atoms with Crippen molar-refractivity contribution >= 4 is 39.7 Å². The highest BCUT2D eigenvalue weighted by Gasteiger charge is 2.21. The van der Waals surface area contributed by atoms with Crippen LogP contribution in [0.5, 0.6) is 0 Å². The number of rotatable bonds is 6. The van der Waals surface area contributed by atoms with E-state index in [1.807, 2.05) is 48.7 Å². The van der Waals surface area contributed by atoms with Crippen molar-refractivity contribution < 1.29 is 10.1 Å². The number of carbonyl (C=O) groups excluding carboxylic acids is 1. The molecule has 2 aromatic carbocycles. The van der Waals surface area contributed by atoms with Gasteiger partial charge in [0.25, 0.3) is 0 Å². The fourth-order valence-electron chi connectivity index (χ4n) is 3.15. The molecule has 4 nitrogen and oxygen atoms in total. The molecule has 0 aliphatic heterocycles. The van der Waals surface area contributed by atoms with Crippen LogP contribution in [-0.2, 0) is 11.3 Å². The van der Waals surface area contributed by atoms with Crippen molar-refractivity contribution in [1.29, 1.82) is 0 Å². The van der Waals surface area contributed by atoms with Gasteiger partial charge in [-0.05, 0) is 44.0 Å². The Balaban J connectivity index is 1.77. The molecule has 2 N–H and O–H groups in total. The lowest BCUT2D eigenvalue weighted by Crippen LogP contribution is -2.83. The number of amides is 1. The number of carbonyl (C=O) groups is 1. The summed E-state index contributed by atoms with van der Waals surface area (Å²) >= 11 is 7.79. The summed E-state index contributed by atoms with van der Waals surface area (Å²) < 4.78 is 0. The maximum absolute atomic E-state index is 12.4. The maximum atomic E-state index is 12.4. The summed E-state index contributed by atoms with van der Waals surface area (Å²) in [5.74, 6) is -0.0389. The Morgan fingerprint density at radius 2 is 1.96 bits per heavy atom. The fraction of sp³-hybridized carbons (Fsp3) is 0.273. The molecule has 28 heavy (non-hydrogen) atoms. The second kappa shape index (κ2) is 8.86. The topological polar surface area (TPSA) is 49.8 Å². The Bertz CT molecular complexity index is 985. The van der Waals surface area contributed by atoms with Crippen LogP contribution in [-0.4, -0.2) is 10.9 Å². The van der Waals surface area contributed by atoms with Gasteiger partial charge in [0.05, 0.1) is 5.69 Å². The first-order valence-corrected chi connectivity index (χ1v) is 10.5. The summed E-state index contributed by atoms with van der Waals surface area (Å²) in [7, 11) is 0. The average molecular weight is 415 g/mol. The molecule has 146 valence electrons. The minimum Gasteiger partial charge on any atom is -0.335 e. The van der Waals surface area contributed by atoms with E-state index in [0.717, 1.165) is 39.6 Å². The number of aromatic nitrogens is 1. The Labute approximate surface area is 175 Å². The highest BCUT2D eigenvalue weighted by Crippen LogP contribution is 2.32. The minimum atomic E-state index is -0.0389. The van der Waals surface area contributed by atoms with Gasteiger partial charge in [-0.1, -0.05) is 41.9 Å². The van der Waals surface area contributed by atoms with Crippen molar-refractivity contribution in [2.24, 2.45) is 0 Å². The van der Waals surface area contributed by atoms with Gasteiger partial charge in [-0.2, -0.15) is 0 Å². The Morgan fingerprint density at radius 3 is 2.68 bits per heavy atom. The SMILES string of the molecule is CC(=O)N(c1nc(C[NH2+][C@@H](C)c2ccccc2Cl)cs1)c1cccc(C)c1C. The van der Waals surface area contributed by atoms with Gasteiger partial charge in [-0.25, -0.2) is 4.98 Å². The molecule has 1 atom stereocenters. The molecule has 1 amide bonds. The molecule has 0 unspecified atom stereocenters. The van der Waals surface area contributed by atoms with Crippen LogP contribution in [0.15, 0.2) is 47.8 Å². The molecule has 0 spiro atoms. The normalized spacial score (nSPS) is 12.0. The summed E-state index contributed by atoms with van der Waals surface area (Å²) in [6, 6.07) is 14.1. The number of benzene rings is 2. The van der Waals surface area contributed by atoms with Crippen LogP contribution in [0.3, 0.4) is 0 Å². The molecule has 1 heterocycles. The van der Waals surface area contributed by atoms with Crippen LogP contribution in [0.4, 0.5) is 10.8 Å². The summed E-state index contributed by atoms with van der Waals surface area (Å²) in [5.41, 5.74) is 5.20. The highest BCUT2D eigenvalue weighted by atomic mass is 35.5. The Morgan fingerprint density at radius 1 is 1.21 bits per heavy atom. The number of hydrogen-bond acceptors (Lipinski definition) is 3. The molecule has 0 saturated carbocycles. The Kier molecular flexibility index (Phi) is 6.50. The average Bonchev–Trinajstić information content (AvgIpc) is 3.12. The molecule has 0 radical (unpaired) electrons. The van der Waals surface area contributed by atoms with Crippen LogP contribution < -0.4 is 10.2 Å². The van der Waals surface area contributed by atoms with Crippen molar-refractivity contribution in [3.8, 4) is 0 Å². The standard InChI is InChI=1S/C22H24ClN3OS/c1-14-8-7-11-21(15(14)2)26(17(4)27)22-25-18(13-28-22)12-24-16(3)19-9-5-6-10-20(19)23/h5-11,13,16,24H,12H2,1-4H3/p+1/t16-/m0/s1. The molecule has 6 heteroatoms. The molecule has 0 aliphatic rings. The number of hydrogen-bond donors (Lipinski definition) is 1. The van der Waals surface area contributed by atoms with Crippen LogP contribution in [0.2, 0.25) is 5.02 Å². The molecule has 0 saturated heterocycles. The second-order valence-electron chi connectivity index (χ2n) is 6.94. The zero-order chi connectivity index (χ0) is 20.3. The third kappa shape index (κ3) is 4.43. The second-order valence-corrected chi connectivity index (χ2v) is 8.19. The predicted octanol–water partition coefficient (Wildman–Crippen LogP) is 4.92. The lowest BCUT2D eigenvalue weighted by Gasteiger charge is -2.21. The molecule has 3 aromatic rings. The van der Waals surface area contributed by atoms with Crippen molar-refractivity contribution in [3.05, 3.63) is 75.3 Å².